The molecule has 1 unspecified atom stereocenters. The largest absolute Gasteiger partial charge is 0.478 e. The van der Waals surface area contributed by atoms with E-state index in [2.05, 4.69) is 31.5 Å². The van der Waals surface area contributed by atoms with E-state index in [1.54, 1.807) is 6.07 Å². The Hall–Kier alpha value is -1.60. The van der Waals surface area contributed by atoms with E-state index in [-0.39, 0.29) is 17.6 Å². The maximum Gasteiger partial charge on any atom is 0.335 e. The van der Waals surface area contributed by atoms with Crippen LogP contribution < -0.4 is 10.6 Å². The van der Waals surface area contributed by atoms with Crippen LogP contribution in [0.5, 0.6) is 0 Å². The molecule has 0 spiro atoms. The van der Waals surface area contributed by atoms with E-state index in [1.165, 1.54) is 12.1 Å². The molecule has 0 heterocycles. The fourth-order valence-electron chi connectivity index (χ4n) is 1.66. The Balaban J connectivity index is 2.57. The Morgan fingerprint density at radius 1 is 1.38 bits per heavy atom. The van der Waals surface area contributed by atoms with Gasteiger partial charge in [0.05, 0.1) is 11.3 Å². The third-order valence-electron chi connectivity index (χ3n) is 2.85. The van der Waals surface area contributed by atoms with Crippen molar-refractivity contribution in [1.29, 1.82) is 0 Å². The van der Waals surface area contributed by atoms with Gasteiger partial charge >= 0.3 is 12.0 Å². The second-order valence-electron chi connectivity index (χ2n) is 5.09. The molecule has 0 aliphatic rings. The summed E-state index contributed by atoms with van der Waals surface area (Å²) < 4.78 is 0.526. The molecule has 0 aromatic heterocycles. The summed E-state index contributed by atoms with van der Waals surface area (Å²) in [5.74, 6) is -1.01. The molecule has 0 fully saturated rings. The molecule has 2 amide bonds. The summed E-state index contributed by atoms with van der Waals surface area (Å²) in [7, 11) is 3.96. The standard InChI is InChI=1S/C14H20BrN3O3/c1-9(6-7-18(2)3)16-14(21)17-12-5-4-10(13(19)20)8-11(12)15/h4-5,8-9H,6-7H2,1-3H3,(H,19,20)(H2,16,17,21). The molecule has 3 N–H and O–H groups in total. The van der Waals surface area contributed by atoms with Crippen molar-refractivity contribution in [3.8, 4) is 0 Å². The lowest BCUT2D eigenvalue weighted by molar-refractivity contribution is 0.0697. The highest BCUT2D eigenvalue weighted by Crippen LogP contribution is 2.23. The van der Waals surface area contributed by atoms with E-state index >= 15 is 0 Å². The zero-order valence-corrected chi connectivity index (χ0v) is 13.9. The lowest BCUT2D eigenvalue weighted by Crippen LogP contribution is -2.37. The number of amides is 2. The van der Waals surface area contributed by atoms with Gasteiger partial charge in [0.15, 0.2) is 0 Å². The number of anilines is 1. The summed E-state index contributed by atoms with van der Waals surface area (Å²) >= 11 is 3.25. The monoisotopic (exact) mass is 357 g/mol. The smallest absolute Gasteiger partial charge is 0.335 e. The molecule has 0 radical (unpaired) electrons. The number of carbonyl (C=O) groups excluding carboxylic acids is 1. The zero-order chi connectivity index (χ0) is 16.0. The molecule has 21 heavy (non-hydrogen) atoms. The first kappa shape index (κ1) is 17.5. The van der Waals surface area contributed by atoms with Crippen molar-refractivity contribution >= 4 is 33.6 Å². The van der Waals surface area contributed by atoms with Crippen molar-refractivity contribution in [2.24, 2.45) is 0 Å². The number of hydrogen-bond donors (Lipinski definition) is 3. The average Bonchev–Trinajstić information content (AvgIpc) is 2.38. The van der Waals surface area contributed by atoms with Gasteiger partial charge in [-0.2, -0.15) is 0 Å². The minimum absolute atomic E-state index is 0.0458. The molecule has 0 saturated carbocycles. The number of halogens is 1. The number of carboxylic acids is 1. The van der Waals surface area contributed by atoms with Gasteiger partial charge < -0.3 is 20.6 Å². The molecule has 1 aromatic rings. The summed E-state index contributed by atoms with van der Waals surface area (Å²) in [5, 5.41) is 14.4. The second kappa shape index (κ2) is 7.99. The molecule has 1 rings (SSSR count). The van der Waals surface area contributed by atoms with Gasteiger partial charge in [0.2, 0.25) is 0 Å². The van der Waals surface area contributed by atoms with Gasteiger partial charge in [-0.25, -0.2) is 9.59 Å². The van der Waals surface area contributed by atoms with Gasteiger partial charge in [-0.3, -0.25) is 0 Å². The predicted molar refractivity (Wildman–Crippen MR) is 85.9 cm³/mol. The first-order valence-electron chi connectivity index (χ1n) is 6.54. The maximum atomic E-state index is 11.9. The minimum atomic E-state index is -1.01. The van der Waals surface area contributed by atoms with Crippen molar-refractivity contribution in [1.82, 2.24) is 10.2 Å². The SMILES string of the molecule is CC(CCN(C)C)NC(=O)Nc1ccc(C(=O)O)cc1Br. The molecular weight excluding hydrogens is 338 g/mol. The number of carboxylic acid groups (broad SMARTS) is 1. The molecule has 116 valence electrons. The maximum absolute atomic E-state index is 11.9. The quantitative estimate of drug-likeness (QED) is 0.730. The summed E-state index contributed by atoms with van der Waals surface area (Å²) in [6, 6.07) is 4.18. The van der Waals surface area contributed by atoms with Gasteiger partial charge in [-0.1, -0.05) is 0 Å². The van der Waals surface area contributed by atoms with Crippen LogP contribution in [0.3, 0.4) is 0 Å². The Kier molecular flexibility index (Phi) is 6.64. The van der Waals surface area contributed by atoms with Crippen LogP contribution in [0.25, 0.3) is 0 Å². The number of urea groups is 1. The molecule has 0 aliphatic carbocycles. The van der Waals surface area contributed by atoms with Crippen LogP contribution in [0.2, 0.25) is 0 Å². The Bertz CT molecular complexity index is 520. The predicted octanol–water partition coefficient (Wildman–Crippen LogP) is 2.61. The van der Waals surface area contributed by atoms with Crippen LogP contribution in [-0.2, 0) is 0 Å². The molecule has 0 aliphatic heterocycles. The number of hydrogen-bond acceptors (Lipinski definition) is 3. The first-order valence-corrected chi connectivity index (χ1v) is 7.34. The number of rotatable bonds is 6. The topological polar surface area (TPSA) is 81.7 Å². The summed E-state index contributed by atoms with van der Waals surface area (Å²) in [4.78, 5) is 24.8. The second-order valence-corrected chi connectivity index (χ2v) is 5.95. The number of nitrogens with one attached hydrogen (secondary N) is 2. The normalized spacial score (nSPS) is 12.0. The lowest BCUT2D eigenvalue weighted by Gasteiger charge is -2.17. The van der Waals surface area contributed by atoms with Crippen LogP contribution in [0, 0.1) is 0 Å². The number of benzene rings is 1. The van der Waals surface area contributed by atoms with E-state index in [0.29, 0.717) is 10.2 Å². The van der Waals surface area contributed by atoms with Gasteiger partial charge in [-0.15, -0.1) is 0 Å². The third kappa shape index (κ3) is 6.14. The lowest BCUT2D eigenvalue weighted by atomic mass is 10.2. The van der Waals surface area contributed by atoms with Crippen molar-refractivity contribution in [3.63, 3.8) is 0 Å². The van der Waals surface area contributed by atoms with Crippen LogP contribution in [0.4, 0.5) is 10.5 Å². The molecule has 1 atom stereocenters. The van der Waals surface area contributed by atoms with Crippen LogP contribution in [0.1, 0.15) is 23.7 Å². The van der Waals surface area contributed by atoms with E-state index in [4.69, 9.17) is 5.11 Å². The van der Waals surface area contributed by atoms with Gasteiger partial charge in [0.25, 0.3) is 0 Å². The zero-order valence-electron chi connectivity index (χ0n) is 12.3. The molecular formula is C14H20BrN3O3. The summed E-state index contributed by atoms with van der Waals surface area (Å²) in [6.45, 7) is 2.82. The number of carbonyl (C=O) groups is 2. The molecule has 6 nitrogen and oxygen atoms in total. The highest BCUT2D eigenvalue weighted by molar-refractivity contribution is 9.10. The van der Waals surface area contributed by atoms with Crippen LogP contribution in [-0.4, -0.2) is 48.7 Å². The van der Waals surface area contributed by atoms with Gasteiger partial charge in [0.1, 0.15) is 0 Å². The first-order chi connectivity index (χ1) is 9.79. The number of nitrogens with zero attached hydrogens (tertiary/aromatic N) is 1. The minimum Gasteiger partial charge on any atom is -0.478 e. The van der Waals surface area contributed by atoms with Gasteiger partial charge in [0, 0.05) is 10.5 Å². The highest BCUT2D eigenvalue weighted by Gasteiger charge is 2.11. The third-order valence-corrected chi connectivity index (χ3v) is 3.51. The molecule has 7 heteroatoms. The van der Waals surface area contributed by atoms with E-state index < -0.39 is 5.97 Å². The van der Waals surface area contributed by atoms with E-state index in [0.717, 1.165) is 13.0 Å². The van der Waals surface area contributed by atoms with Crippen molar-refractivity contribution in [2.75, 3.05) is 26.0 Å². The van der Waals surface area contributed by atoms with Crippen LogP contribution in [0.15, 0.2) is 22.7 Å². The van der Waals surface area contributed by atoms with E-state index in [9.17, 15) is 9.59 Å². The molecule has 1 aromatic carbocycles. The van der Waals surface area contributed by atoms with Crippen molar-refractivity contribution in [3.05, 3.63) is 28.2 Å². The van der Waals surface area contributed by atoms with Crippen LogP contribution >= 0.6 is 15.9 Å². The highest BCUT2D eigenvalue weighted by atomic mass is 79.9. The number of aromatic carboxylic acids is 1. The van der Waals surface area contributed by atoms with E-state index in [1.807, 2.05) is 21.0 Å². The van der Waals surface area contributed by atoms with Gasteiger partial charge in [-0.05, 0) is 68.1 Å². The molecule has 0 saturated heterocycles. The Morgan fingerprint density at radius 3 is 2.57 bits per heavy atom. The fourth-order valence-corrected chi connectivity index (χ4v) is 2.13. The van der Waals surface area contributed by atoms with Crippen molar-refractivity contribution < 1.29 is 14.7 Å². The fraction of sp³-hybridized carbons (Fsp3) is 0.429. The van der Waals surface area contributed by atoms with Crippen molar-refractivity contribution in [2.45, 2.75) is 19.4 Å². The Labute approximate surface area is 132 Å². The summed E-state index contributed by atoms with van der Waals surface area (Å²) in [5.41, 5.74) is 0.685. The summed E-state index contributed by atoms with van der Waals surface area (Å²) in [6.07, 6.45) is 0.847. The average molecular weight is 358 g/mol. The Morgan fingerprint density at radius 2 is 2.05 bits per heavy atom. The molecule has 0 bridgehead atoms.